The van der Waals surface area contributed by atoms with Crippen LogP contribution in [0.1, 0.15) is 35.1 Å². The fourth-order valence-corrected chi connectivity index (χ4v) is 3.14. The Morgan fingerprint density at radius 3 is 2.52 bits per heavy atom. The van der Waals surface area contributed by atoms with Gasteiger partial charge in [-0.05, 0) is 62.0 Å². The van der Waals surface area contributed by atoms with Gasteiger partial charge in [0.25, 0.3) is 0 Å². The van der Waals surface area contributed by atoms with Crippen LogP contribution in [0, 0.1) is 13.8 Å². The van der Waals surface area contributed by atoms with Gasteiger partial charge in [0.2, 0.25) is 0 Å². The molecule has 3 nitrogen and oxygen atoms in total. The van der Waals surface area contributed by atoms with E-state index < -0.39 is 0 Å². The number of hydrazone groups is 1. The topological polar surface area (TPSA) is 36.4 Å². The molecule has 118 valence electrons. The minimum absolute atomic E-state index is 0.526. The maximum atomic E-state index is 5.39. The van der Waals surface area contributed by atoms with Gasteiger partial charge < -0.3 is 5.32 Å². The van der Waals surface area contributed by atoms with Gasteiger partial charge in [0, 0.05) is 11.3 Å². The third-order valence-corrected chi connectivity index (χ3v) is 4.39. The quantitative estimate of drug-likeness (QED) is 0.638. The Bertz CT molecular complexity index is 745. The van der Waals surface area contributed by atoms with Crippen molar-refractivity contribution in [1.29, 1.82) is 0 Å². The first kappa shape index (κ1) is 15.7. The van der Waals surface area contributed by atoms with Crippen LogP contribution in [-0.2, 0) is 6.42 Å². The lowest BCUT2D eigenvalue weighted by Gasteiger charge is -2.18. The van der Waals surface area contributed by atoms with E-state index in [4.69, 9.17) is 12.2 Å². The average Bonchev–Trinajstić information content (AvgIpc) is 2.56. The molecule has 0 saturated carbocycles. The number of nitrogens with zero attached hydrogens (tertiary/aromatic N) is 1. The number of nitrogens with one attached hydrogen (secondary N) is 2. The lowest BCUT2D eigenvalue weighted by molar-refractivity contribution is 0.828. The number of benzene rings is 2. The Morgan fingerprint density at radius 2 is 1.74 bits per heavy atom. The maximum Gasteiger partial charge on any atom is 0.191 e. The van der Waals surface area contributed by atoms with E-state index in [9.17, 15) is 0 Å². The van der Waals surface area contributed by atoms with Crippen molar-refractivity contribution >= 4 is 28.7 Å². The number of rotatable bonds is 2. The average molecular weight is 323 g/mol. The van der Waals surface area contributed by atoms with Crippen molar-refractivity contribution in [3.05, 3.63) is 64.7 Å². The molecule has 0 heterocycles. The predicted molar refractivity (Wildman–Crippen MR) is 101 cm³/mol. The summed E-state index contributed by atoms with van der Waals surface area (Å²) in [6.07, 6.45) is 3.24. The van der Waals surface area contributed by atoms with E-state index in [1.54, 1.807) is 0 Å². The summed E-state index contributed by atoms with van der Waals surface area (Å²) < 4.78 is 0. The normalized spacial score (nSPS) is 15.1. The van der Waals surface area contributed by atoms with Crippen LogP contribution in [0.2, 0.25) is 0 Å². The first-order chi connectivity index (χ1) is 11.1. The van der Waals surface area contributed by atoms with Crippen molar-refractivity contribution in [2.75, 3.05) is 5.32 Å². The van der Waals surface area contributed by atoms with Crippen molar-refractivity contribution < 1.29 is 0 Å². The van der Waals surface area contributed by atoms with Gasteiger partial charge in [-0.1, -0.05) is 42.5 Å². The monoisotopic (exact) mass is 323 g/mol. The second kappa shape index (κ2) is 6.92. The molecule has 0 amide bonds. The summed E-state index contributed by atoms with van der Waals surface area (Å²) in [5, 5.41) is 8.32. The van der Waals surface area contributed by atoms with E-state index in [0.717, 1.165) is 30.7 Å². The number of hydrogen-bond acceptors (Lipinski definition) is 2. The predicted octanol–water partition coefficient (Wildman–Crippen LogP) is 4.33. The largest absolute Gasteiger partial charge is 0.331 e. The zero-order chi connectivity index (χ0) is 16.2. The van der Waals surface area contributed by atoms with Crippen LogP contribution in [0.3, 0.4) is 0 Å². The molecule has 0 atom stereocenters. The first-order valence-corrected chi connectivity index (χ1v) is 8.34. The standard InChI is InChI=1S/C19H21N3S/c1-13-7-5-8-14(2)18(13)20-19(23)22-21-17-12-6-10-15-9-3-4-11-16(15)17/h3-5,7-9,11H,6,10,12H2,1-2H3,(H2,20,22,23)/b21-17-. The lowest BCUT2D eigenvalue weighted by atomic mass is 9.90. The minimum atomic E-state index is 0.526. The Morgan fingerprint density at radius 1 is 1.00 bits per heavy atom. The van der Waals surface area contributed by atoms with Gasteiger partial charge in [-0.15, -0.1) is 0 Å². The SMILES string of the molecule is Cc1cccc(C)c1NC(=S)N/N=C1/CCCc2ccccc21. The summed E-state index contributed by atoms with van der Waals surface area (Å²) in [7, 11) is 0. The fraction of sp³-hybridized carbons (Fsp3) is 0.263. The highest BCUT2D eigenvalue weighted by atomic mass is 32.1. The van der Waals surface area contributed by atoms with E-state index in [2.05, 4.69) is 66.1 Å². The molecule has 0 radical (unpaired) electrons. The van der Waals surface area contributed by atoms with Crippen molar-refractivity contribution in [2.45, 2.75) is 33.1 Å². The van der Waals surface area contributed by atoms with Crippen LogP contribution in [0.15, 0.2) is 47.6 Å². The molecule has 4 heteroatoms. The molecular weight excluding hydrogens is 302 g/mol. The van der Waals surface area contributed by atoms with Crippen LogP contribution in [0.25, 0.3) is 0 Å². The van der Waals surface area contributed by atoms with Crippen LogP contribution in [-0.4, -0.2) is 10.8 Å². The summed E-state index contributed by atoms with van der Waals surface area (Å²) in [4.78, 5) is 0. The van der Waals surface area contributed by atoms with Gasteiger partial charge in [0.15, 0.2) is 5.11 Å². The second-order valence-corrected chi connectivity index (χ2v) is 6.31. The first-order valence-electron chi connectivity index (χ1n) is 7.93. The molecule has 2 aromatic rings. The van der Waals surface area contributed by atoms with Crippen molar-refractivity contribution in [3.8, 4) is 0 Å². The molecule has 2 N–H and O–H groups in total. The number of anilines is 1. The van der Waals surface area contributed by atoms with Gasteiger partial charge in [-0.3, -0.25) is 5.43 Å². The smallest absolute Gasteiger partial charge is 0.191 e. The number of thiocarbonyl (C=S) groups is 1. The molecule has 23 heavy (non-hydrogen) atoms. The zero-order valence-corrected chi connectivity index (χ0v) is 14.3. The Labute approximate surface area is 142 Å². The number of para-hydroxylation sites is 1. The molecule has 0 unspecified atom stereocenters. The summed E-state index contributed by atoms with van der Waals surface area (Å²) in [5.74, 6) is 0. The molecule has 0 fully saturated rings. The van der Waals surface area contributed by atoms with Crippen LogP contribution >= 0.6 is 12.2 Å². The summed E-state index contributed by atoms with van der Waals surface area (Å²) in [6.45, 7) is 4.14. The van der Waals surface area contributed by atoms with E-state index in [0.29, 0.717) is 5.11 Å². The Kier molecular flexibility index (Phi) is 4.72. The van der Waals surface area contributed by atoms with Crippen LogP contribution in [0.5, 0.6) is 0 Å². The van der Waals surface area contributed by atoms with Gasteiger partial charge in [-0.2, -0.15) is 5.10 Å². The van der Waals surface area contributed by atoms with Gasteiger partial charge in [-0.25, -0.2) is 0 Å². The lowest BCUT2D eigenvalue weighted by Crippen LogP contribution is -2.27. The highest BCUT2D eigenvalue weighted by Crippen LogP contribution is 2.21. The highest BCUT2D eigenvalue weighted by molar-refractivity contribution is 7.80. The molecule has 3 rings (SSSR count). The summed E-state index contributed by atoms with van der Waals surface area (Å²) in [6, 6.07) is 14.7. The molecule has 1 aliphatic carbocycles. The third kappa shape index (κ3) is 3.59. The fourth-order valence-electron chi connectivity index (χ4n) is 2.99. The number of hydrogen-bond donors (Lipinski definition) is 2. The summed E-state index contributed by atoms with van der Waals surface area (Å²) in [5.41, 5.74) is 10.1. The van der Waals surface area contributed by atoms with E-state index in [-0.39, 0.29) is 0 Å². The zero-order valence-electron chi connectivity index (χ0n) is 13.5. The molecule has 0 aliphatic heterocycles. The van der Waals surface area contributed by atoms with Crippen molar-refractivity contribution in [3.63, 3.8) is 0 Å². The molecule has 1 aliphatic rings. The van der Waals surface area contributed by atoms with E-state index in [1.165, 1.54) is 22.3 Å². The molecule has 0 bridgehead atoms. The minimum Gasteiger partial charge on any atom is -0.331 e. The van der Waals surface area contributed by atoms with Crippen LogP contribution in [0.4, 0.5) is 5.69 Å². The van der Waals surface area contributed by atoms with Gasteiger partial charge >= 0.3 is 0 Å². The summed E-state index contributed by atoms with van der Waals surface area (Å²) >= 11 is 5.39. The Balaban J connectivity index is 1.72. The van der Waals surface area contributed by atoms with E-state index in [1.807, 2.05) is 6.07 Å². The second-order valence-electron chi connectivity index (χ2n) is 5.90. The highest BCUT2D eigenvalue weighted by Gasteiger charge is 2.14. The van der Waals surface area contributed by atoms with Crippen molar-refractivity contribution in [2.24, 2.45) is 5.10 Å². The number of aryl methyl sites for hydroxylation is 3. The third-order valence-electron chi connectivity index (χ3n) is 4.20. The van der Waals surface area contributed by atoms with Gasteiger partial charge in [0.1, 0.15) is 0 Å². The van der Waals surface area contributed by atoms with Crippen molar-refractivity contribution in [1.82, 2.24) is 5.43 Å². The maximum absolute atomic E-state index is 5.39. The van der Waals surface area contributed by atoms with E-state index >= 15 is 0 Å². The molecule has 0 spiro atoms. The Hall–Kier alpha value is -2.20. The molecule has 0 saturated heterocycles. The molecule has 2 aromatic carbocycles. The molecular formula is C19H21N3S. The molecule has 0 aromatic heterocycles. The van der Waals surface area contributed by atoms with Crippen LogP contribution < -0.4 is 10.7 Å². The van der Waals surface area contributed by atoms with Gasteiger partial charge in [0.05, 0.1) is 5.71 Å². The number of fused-ring (bicyclic) bond motifs is 1.